The molecule has 4 heteroatoms. The lowest BCUT2D eigenvalue weighted by Gasteiger charge is -2.14. The Morgan fingerprint density at radius 1 is 1.50 bits per heavy atom. The highest BCUT2D eigenvalue weighted by molar-refractivity contribution is 5.98. The maximum atomic E-state index is 11.0. The number of anilines is 1. The third-order valence-electron chi connectivity index (χ3n) is 2.20. The third kappa shape index (κ3) is 1.85. The zero-order valence-electron chi connectivity index (χ0n) is 8.28. The Bertz CT molecular complexity index is 350. The van der Waals surface area contributed by atoms with Gasteiger partial charge in [0.05, 0.1) is 17.4 Å². The van der Waals surface area contributed by atoms with Crippen LogP contribution in [0.25, 0.3) is 0 Å². The van der Waals surface area contributed by atoms with Gasteiger partial charge in [0.15, 0.2) is 0 Å². The van der Waals surface area contributed by atoms with Crippen LogP contribution in [0.1, 0.15) is 28.9 Å². The van der Waals surface area contributed by atoms with E-state index in [0.717, 1.165) is 5.56 Å². The zero-order valence-corrected chi connectivity index (χ0v) is 8.28. The number of amides is 1. The molecule has 1 unspecified atom stereocenters. The maximum absolute atomic E-state index is 11.0. The van der Waals surface area contributed by atoms with Crippen LogP contribution in [0.3, 0.4) is 0 Å². The summed E-state index contributed by atoms with van der Waals surface area (Å²) < 4.78 is 5.12. The molecule has 0 spiro atoms. The van der Waals surface area contributed by atoms with E-state index in [2.05, 4.69) is 0 Å². The topological polar surface area (TPSA) is 78.3 Å². The number of rotatable bonds is 3. The number of hydrogen-bond acceptors (Lipinski definition) is 3. The molecule has 1 amide bonds. The summed E-state index contributed by atoms with van der Waals surface area (Å²) in [7, 11) is 1.58. The standard InChI is InChI=1S/C10H14N2O2/c1-6(14-2)7-4-3-5-8(9(7)11)10(12)13/h3-6H,11H2,1-2H3,(H2,12,13). The first-order valence-corrected chi connectivity index (χ1v) is 4.29. The summed E-state index contributed by atoms with van der Waals surface area (Å²) in [6.07, 6.45) is -0.144. The summed E-state index contributed by atoms with van der Waals surface area (Å²) in [4.78, 5) is 11.0. The smallest absolute Gasteiger partial charge is 0.250 e. The molecule has 0 aliphatic rings. The first-order chi connectivity index (χ1) is 6.57. The summed E-state index contributed by atoms with van der Waals surface area (Å²) in [5.41, 5.74) is 12.5. The summed E-state index contributed by atoms with van der Waals surface area (Å²) >= 11 is 0. The van der Waals surface area contributed by atoms with Crippen molar-refractivity contribution in [3.05, 3.63) is 29.3 Å². The van der Waals surface area contributed by atoms with Crippen LogP contribution in [0.4, 0.5) is 5.69 Å². The SMILES string of the molecule is COC(C)c1cccc(C(N)=O)c1N. The number of hydrogen-bond donors (Lipinski definition) is 2. The number of methoxy groups -OCH3 is 1. The van der Waals surface area contributed by atoms with E-state index < -0.39 is 5.91 Å². The van der Waals surface area contributed by atoms with Crippen LogP contribution in [0, 0.1) is 0 Å². The monoisotopic (exact) mass is 194 g/mol. The summed E-state index contributed by atoms with van der Waals surface area (Å²) in [6.45, 7) is 1.86. The second kappa shape index (κ2) is 4.11. The number of carbonyl (C=O) groups excluding carboxylic acids is 1. The van der Waals surface area contributed by atoms with Crippen LogP contribution in [-0.4, -0.2) is 13.0 Å². The van der Waals surface area contributed by atoms with Gasteiger partial charge in [0, 0.05) is 12.7 Å². The lowest BCUT2D eigenvalue weighted by molar-refractivity contribution is 0.1000. The average molecular weight is 194 g/mol. The van der Waals surface area contributed by atoms with Gasteiger partial charge in [0.2, 0.25) is 0 Å². The molecule has 0 fully saturated rings. The van der Waals surface area contributed by atoms with Crippen molar-refractivity contribution >= 4 is 11.6 Å². The second-order valence-electron chi connectivity index (χ2n) is 3.05. The molecule has 4 N–H and O–H groups in total. The van der Waals surface area contributed by atoms with Crippen molar-refractivity contribution in [2.24, 2.45) is 5.73 Å². The van der Waals surface area contributed by atoms with E-state index in [1.54, 1.807) is 19.2 Å². The highest BCUT2D eigenvalue weighted by Crippen LogP contribution is 2.25. The maximum Gasteiger partial charge on any atom is 0.250 e. The van der Waals surface area contributed by atoms with Gasteiger partial charge < -0.3 is 16.2 Å². The lowest BCUT2D eigenvalue weighted by atomic mass is 10.0. The Morgan fingerprint density at radius 2 is 2.14 bits per heavy atom. The van der Waals surface area contributed by atoms with E-state index in [0.29, 0.717) is 11.3 Å². The number of nitrogen functional groups attached to an aromatic ring is 1. The predicted octanol–water partition coefficient (Wildman–Crippen LogP) is 1.08. The molecular formula is C10H14N2O2. The van der Waals surface area contributed by atoms with Gasteiger partial charge in [-0.1, -0.05) is 12.1 Å². The Kier molecular flexibility index (Phi) is 3.09. The fourth-order valence-electron chi connectivity index (χ4n) is 1.28. The molecule has 0 aromatic heterocycles. The average Bonchev–Trinajstić information content (AvgIpc) is 2.16. The lowest BCUT2D eigenvalue weighted by Crippen LogP contribution is -2.15. The van der Waals surface area contributed by atoms with Crippen LogP contribution in [-0.2, 0) is 4.74 Å². The van der Waals surface area contributed by atoms with E-state index in [4.69, 9.17) is 16.2 Å². The molecule has 1 rings (SSSR count). The number of para-hydroxylation sites is 1. The van der Waals surface area contributed by atoms with Crippen LogP contribution >= 0.6 is 0 Å². The van der Waals surface area contributed by atoms with Gasteiger partial charge in [0.25, 0.3) is 5.91 Å². The minimum absolute atomic E-state index is 0.144. The van der Waals surface area contributed by atoms with Crippen molar-refractivity contribution < 1.29 is 9.53 Å². The van der Waals surface area contributed by atoms with E-state index in [1.807, 2.05) is 13.0 Å². The van der Waals surface area contributed by atoms with Crippen LogP contribution in [0.15, 0.2) is 18.2 Å². The fraction of sp³-hybridized carbons (Fsp3) is 0.300. The Balaban J connectivity index is 3.20. The minimum atomic E-state index is -0.521. The molecule has 0 aliphatic carbocycles. The fourth-order valence-corrected chi connectivity index (χ4v) is 1.28. The quantitative estimate of drug-likeness (QED) is 0.706. The normalized spacial score (nSPS) is 12.4. The van der Waals surface area contributed by atoms with E-state index in [1.165, 1.54) is 0 Å². The van der Waals surface area contributed by atoms with Crippen LogP contribution in [0.5, 0.6) is 0 Å². The highest BCUT2D eigenvalue weighted by atomic mass is 16.5. The Morgan fingerprint density at radius 3 is 2.64 bits per heavy atom. The molecule has 0 aliphatic heterocycles. The van der Waals surface area contributed by atoms with Crippen molar-refractivity contribution in [3.8, 4) is 0 Å². The Labute approximate surface area is 82.8 Å². The molecule has 4 nitrogen and oxygen atoms in total. The molecule has 0 radical (unpaired) electrons. The van der Waals surface area contributed by atoms with Gasteiger partial charge in [-0.2, -0.15) is 0 Å². The number of nitrogens with two attached hydrogens (primary N) is 2. The van der Waals surface area contributed by atoms with Gasteiger partial charge in [-0.3, -0.25) is 4.79 Å². The van der Waals surface area contributed by atoms with Crippen LogP contribution in [0.2, 0.25) is 0 Å². The molecule has 0 heterocycles. The summed E-state index contributed by atoms with van der Waals surface area (Å²) in [6, 6.07) is 5.15. The minimum Gasteiger partial charge on any atom is -0.398 e. The molecule has 76 valence electrons. The molecular weight excluding hydrogens is 180 g/mol. The molecule has 1 atom stereocenters. The first-order valence-electron chi connectivity index (χ1n) is 4.29. The largest absolute Gasteiger partial charge is 0.398 e. The molecule has 0 bridgehead atoms. The number of primary amides is 1. The zero-order chi connectivity index (χ0) is 10.7. The molecule has 0 saturated carbocycles. The highest BCUT2D eigenvalue weighted by Gasteiger charge is 2.13. The molecule has 1 aromatic rings. The number of carbonyl (C=O) groups is 1. The number of ether oxygens (including phenoxy) is 1. The van der Waals surface area contributed by atoms with Gasteiger partial charge in [0.1, 0.15) is 0 Å². The van der Waals surface area contributed by atoms with Gasteiger partial charge in [-0.25, -0.2) is 0 Å². The van der Waals surface area contributed by atoms with Crippen molar-refractivity contribution in [2.75, 3.05) is 12.8 Å². The van der Waals surface area contributed by atoms with Crippen molar-refractivity contribution in [2.45, 2.75) is 13.0 Å². The van der Waals surface area contributed by atoms with Gasteiger partial charge in [-0.05, 0) is 13.0 Å². The van der Waals surface area contributed by atoms with Gasteiger partial charge in [-0.15, -0.1) is 0 Å². The van der Waals surface area contributed by atoms with E-state index >= 15 is 0 Å². The Hall–Kier alpha value is -1.55. The van der Waals surface area contributed by atoms with Crippen molar-refractivity contribution in [1.82, 2.24) is 0 Å². The summed E-state index contributed by atoms with van der Waals surface area (Å²) in [5.74, 6) is -0.521. The predicted molar refractivity (Wildman–Crippen MR) is 54.8 cm³/mol. The third-order valence-corrected chi connectivity index (χ3v) is 2.20. The number of benzene rings is 1. The van der Waals surface area contributed by atoms with Crippen molar-refractivity contribution in [3.63, 3.8) is 0 Å². The van der Waals surface area contributed by atoms with Crippen LogP contribution < -0.4 is 11.5 Å². The molecule has 1 aromatic carbocycles. The summed E-state index contributed by atoms with van der Waals surface area (Å²) in [5, 5.41) is 0. The molecule has 0 saturated heterocycles. The van der Waals surface area contributed by atoms with Gasteiger partial charge >= 0.3 is 0 Å². The van der Waals surface area contributed by atoms with E-state index in [9.17, 15) is 4.79 Å². The van der Waals surface area contributed by atoms with E-state index in [-0.39, 0.29) is 6.10 Å². The van der Waals surface area contributed by atoms with Crippen molar-refractivity contribution in [1.29, 1.82) is 0 Å². The molecule has 14 heavy (non-hydrogen) atoms. The first kappa shape index (κ1) is 10.5. The second-order valence-corrected chi connectivity index (χ2v) is 3.05.